The predicted molar refractivity (Wildman–Crippen MR) is 66.9 cm³/mol. The monoisotopic (exact) mass is 231 g/mol. The van der Waals surface area contributed by atoms with Crippen molar-refractivity contribution in [3.05, 3.63) is 39.4 Å². The summed E-state index contributed by atoms with van der Waals surface area (Å²) in [7, 11) is 0. The maximum atomic E-state index is 10.8. The topological polar surface area (TPSA) is 82.0 Å². The minimum atomic E-state index is -0.402. The molecule has 5 heteroatoms. The standard InChI is InChI=1S/C12H13N3O2/c1-3-8-6-9-4-5-10(15(16)17)7(2)11(9)14-12(8)13/h4-6H,3H2,1-2H3,(H2,13,14). The molecule has 0 bridgehead atoms. The third kappa shape index (κ3) is 1.80. The Bertz CT molecular complexity index is 608. The van der Waals surface area contributed by atoms with E-state index in [2.05, 4.69) is 4.98 Å². The van der Waals surface area contributed by atoms with Gasteiger partial charge in [0.2, 0.25) is 0 Å². The van der Waals surface area contributed by atoms with Gasteiger partial charge in [-0.2, -0.15) is 0 Å². The van der Waals surface area contributed by atoms with Gasteiger partial charge in [-0.15, -0.1) is 0 Å². The van der Waals surface area contributed by atoms with Crippen LogP contribution in [0.1, 0.15) is 18.1 Å². The van der Waals surface area contributed by atoms with Crippen molar-refractivity contribution >= 4 is 22.4 Å². The van der Waals surface area contributed by atoms with E-state index >= 15 is 0 Å². The number of anilines is 1. The number of rotatable bonds is 2. The van der Waals surface area contributed by atoms with Gasteiger partial charge in [-0.25, -0.2) is 4.98 Å². The summed E-state index contributed by atoms with van der Waals surface area (Å²) >= 11 is 0. The number of benzene rings is 1. The number of aryl methyl sites for hydroxylation is 2. The Morgan fingerprint density at radius 2 is 2.18 bits per heavy atom. The molecule has 0 saturated carbocycles. The summed E-state index contributed by atoms with van der Waals surface area (Å²) < 4.78 is 0. The number of nitro benzene ring substituents is 1. The zero-order valence-electron chi connectivity index (χ0n) is 9.73. The first kappa shape index (κ1) is 11.3. The highest BCUT2D eigenvalue weighted by Gasteiger charge is 2.14. The van der Waals surface area contributed by atoms with Crippen LogP contribution in [0, 0.1) is 17.0 Å². The lowest BCUT2D eigenvalue weighted by Gasteiger charge is -2.07. The molecule has 0 unspecified atom stereocenters. The van der Waals surface area contributed by atoms with Gasteiger partial charge < -0.3 is 5.73 Å². The van der Waals surface area contributed by atoms with E-state index in [0.717, 1.165) is 17.4 Å². The highest BCUT2D eigenvalue weighted by atomic mass is 16.6. The molecule has 0 aliphatic heterocycles. The Hall–Kier alpha value is -2.17. The molecule has 2 rings (SSSR count). The van der Waals surface area contributed by atoms with Gasteiger partial charge in [0.05, 0.1) is 16.0 Å². The lowest BCUT2D eigenvalue weighted by atomic mass is 10.1. The molecule has 88 valence electrons. The van der Waals surface area contributed by atoms with Gasteiger partial charge in [0.15, 0.2) is 0 Å². The SMILES string of the molecule is CCc1cc2ccc([N+](=O)[O-])c(C)c2nc1N. The average Bonchev–Trinajstić information content (AvgIpc) is 2.29. The summed E-state index contributed by atoms with van der Waals surface area (Å²) in [5.41, 5.74) is 8.02. The smallest absolute Gasteiger partial charge is 0.274 e. The predicted octanol–water partition coefficient (Wildman–Crippen LogP) is 2.60. The van der Waals surface area contributed by atoms with E-state index < -0.39 is 4.92 Å². The number of nitrogen functional groups attached to an aromatic ring is 1. The number of nitro groups is 1. The Labute approximate surface area is 98.4 Å². The number of nitrogens with zero attached hydrogens (tertiary/aromatic N) is 2. The number of nitrogens with two attached hydrogens (primary N) is 1. The Balaban J connectivity index is 2.78. The summed E-state index contributed by atoms with van der Waals surface area (Å²) in [6.45, 7) is 3.69. The van der Waals surface area contributed by atoms with Gasteiger partial charge in [0.25, 0.3) is 5.69 Å². The lowest BCUT2D eigenvalue weighted by molar-refractivity contribution is -0.385. The molecular formula is C12H13N3O2. The van der Waals surface area contributed by atoms with Crippen molar-refractivity contribution in [3.63, 3.8) is 0 Å². The van der Waals surface area contributed by atoms with Crippen LogP contribution in [-0.2, 0) is 6.42 Å². The number of pyridine rings is 1. The van der Waals surface area contributed by atoms with Gasteiger partial charge in [-0.3, -0.25) is 10.1 Å². The second kappa shape index (κ2) is 4.01. The Morgan fingerprint density at radius 1 is 1.47 bits per heavy atom. The summed E-state index contributed by atoms with van der Waals surface area (Å²) in [4.78, 5) is 14.7. The zero-order chi connectivity index (χ0) is 12.6. The van der Waals surface area contributed by atoms with Crippen LogP contribution in [0.15, 0.2) is 18.2 Å². The van der Waals surface area contributed by atoms with E-state index in [1.807, 2.05) is 13.0 Å². The van der Waals surface area contributed by atoms with E-state index in [1.54, 1.807) is 13.0 Å². The number of hydrogen-bond acceptors (Lipinski definition) is 4. The van der Waals surface area contributed by atoms with Crippen molar-refractivity contribution < 1.29 is 4.92 Å². The average molecular weight is 231 g/mol. The first-order valence-corrected chi connectivity index (χ1v) is 5.37. The summed E-state index contributed by atoms with van der Waals surface area (Å²) in [6, 6.07) is 5.16. The molecule has 1 aromatic carbocycles. The molecule has 0 atom stereocenters. The molecule has 5 nitrogen and oxygen atoms in total. The normalized spacial score (nSPS) is 10.7. The van der Waals surface area contributed by atoms with Crippen LogP contribution in [0.2, 0.25) is 0 Å². The molecule has 0 spiro atoms. The van der Waals surface area contributed by atoms with Crippen molar-refractivity contribution in [3.8, 4) is 0 Å². The van der Waals surface area contributed by atoms with Gasteiger partial charge in [-0.05, 0) is 31.0 Å². The van der Waals surface area contributed by atoms with Crippen molar-refractivity contribution in [2.45, 2.75) is 20.3 Å². The molecule has 0 saturated heterocycles. The van der Waals surface area contributed by atoms with Crippen LogP contribution in [0.4, 0.5) is 11.5 Å². The quantitative estimate of drug-likeness (QED) is 0.636. The number of hydrogen-bond donors (Lipinski definition) is 1. The van der Waals surface area contributed by atoms with E-state index in [9.17, 15) is 10.1 Å². The third-order valence-corrected chi connectivity index (χ3v) is 2.90. The minimum absolute atomic E-state index is 0.0775. The summed E-state index contributed by atoms with van der Waals surface area (Å²) in [6.07, 6.45) is 0.796. The fourth-order valence-electron chi connectivity index (χ4n) is 1.91. The molecule has 0 radical (unpaired) electrons. The molecular weight excluding hydrogens is 218 g/mol. The van der Waals surface area contributed by atoms with Gasteiger partial charge in [0, 0.05) is 11.5 Å². The van der Waals surface area contributed by atoms with Crippen molar-refractivity contribution in [2.75, 3.05) is 5.73 Å². The van der Waals surface area contributed by atoms with Crippen LogP contribution in [0.25, 0.3) is 10.9 Å². The largest absolute Gasteiger partial charge is 0.383 e. The Morgan fingerprint density at radius 3 is 2.76 bits per heavy atom. The van der Waals surface area contributed by atoms with Crippen LogP contribution < -0.4 is 5.73 Å². The van der Waals surface area contributed by atoms with Crippen LogP contribution in [0.5, 0.6) is 0 Å². The molecule has 0 fully saturated rings. The van der Waals surface area contributed by atoms with Crippen molar-refractivity contribution in [1.82, 2.24) is 4.98 Å². The van der Waals surface area contributed by atoms with E-state index in [4.69, 9.17) is 5.73 Å². The molecule has 17 heavy (non-hydrogen) atoms. The van der Waals surface area contributed by atoms with Crippen LogP contribution in [0.3, 0.4) is 0 Å². The molecule has 1 heterocycles. The molecule has 0 aliphatic carbocycles. The van der Waals surface area contributed by atoms with E-state index in [1.165, 1.54) is 6.07 Å². The molecule has 0 amide bonds. The third-order valence-electron chi connectivity index (χ3n) is 2.90. The van der Waals surface area contributed by atoms with Gasteiger partial charge in [0.1, 0.15) is 5.82 Å². The molecule has 1 aromatic heterocycles. The van der Waals surface area contributed by atoms with Crippen molar-refractivity contribution in [1.29, 1.82) is 0 Å². The maximum Gasteiger partial charge on any atom is 0.274 e. The summed E-state index contributed by atoms with van der Waals surface area (Å²) in [5, 5.41) is 11.7. The first-order valence-electron chi connectivity index (χ1n) is 5.37. The van der Waals surface area contributed by atoms with Crippen LogP contribution >= 0.6 is 0 Å². The summed E-state index contributed by atoms with van der Waals surface area (Å²) in [5.74, 6) is 0.448. The Kier molecular flexibility index (Phi) is 2.67. The van der Waals surface area contributed by atoms with E-state index in [0.29, 0.717) is 16.9 Å². The van der Waals surface area contributed by atoms with Crippen molar-refractivity contribution in [2.24, 2.45) is 0 Å². The highest BCUT2D eigenvalue weighted by Crippen LogP contribution is 2.27. The lowest BCUT2D eigenvalue weighted by Crippen LogP contribution is -2.00. The zero-order valence-corrected chi connectivity index (χ0v) is 9.73. The molecule has 2 aromatic rings. The van der Waals surface area contributed by atoms with Crippen LogP contribution in [-0.4, -0.2) is 9.91 Å². The van der Waals surface area contributed by atoms with E-state index in [-0.39, 0.29) is 5.69 Å². The molecule has 2 N–H and O–H groups in total. The molecule has 0 aliphatic rings. The number of fused-ring (bicyclic) bond motifs is 1. The fraction of sp³-hybridized carbons (Fsp3) is 0.250. The second-order valence-corrected chi connectivity index (χ2v) is 3.92. The fourth-order valence-corrected chi connectivity index (χ4v) is 1.91. The first-order chi connectivity index (χ1) is 8.04. The number of aromatic nitrogens is 1. The second-order valence-electron chi connectivity index (χ2n) is 3.92. The van der Waals surface area contributed by atoms with Gasteiger partial charge >= 0.3 is 0 Å². The van der Waals surface area contributed by atoms with Gasteiger partial charge in [-0.1, -0.05) is 6.92 Å². The minimum Gasteiger partial charge on any atom is -0.383 e. The highest BCUT2D eigenvalue weighted by molar-refractivity contribution is 5.87. The maximum absolute atomic E-state index is 10.8.